The highest BCUT2D eigenvalue weighted by molar-refractivity contribution is 6.30. The largest absolute Gasteiger partial charge is 0.329 e. The van der Waals surface area contributed by atoms with E-state index in [1.807, 2.05) is 24.5 Å². The molecule has 2 N–H and O–H groups in total. The van der Waals surface area contributed by atoms with Gasteiger partial charge in [-0.25, -0.2) is 4.79 Å². The molecule has 0 fully saturated rings. The molecule has 0 spiro atoms. The quantitative estimate of drug-likeness (QED) is 0.557. The molecule has 0 aliphatic rings. The normalized spacial score (nSPS) is 10.9. The predicted octanol–water partition coefficient (Wildman–Crippen LogP) is 2.77. The topological polar surface area (TPSA) is 88.9 Å². The molecule has 2 aromatic carbocycles. The van der Waals surface area contributed by atoms with Crippen molar-refractivity contribution in [2.75, 3.05) is 5.32 Å². The summed E-state index contributed by atoms with van der Waals surface area (Å²) in [5, 5.41) is 3.61. The summed E-state index contributed by atoms with van der Waals surface area (Å²) in [5.41, 5.74) is 0.458. The van der Waals surface area contributed by atoms with Crippen molar-refractivity contribution in [3.63, 3.8) is 0 Å². The Kier molecular flexibility index (Phi) is 4.58. The van der Waals surface area contributed by atoms with Gasteiger partial charge in [0.2, 0.25) is 5.91 Å². The molecular formula is C20H15ClN4O3. The number of aromatic nitrogens is 3. The molecule has 0 radical (unpaired) electrons. The Hall–Kier alpha value is -3.58. The Morgan fingerprint density at radius 1 is 1.04 bits per heavy atom. The molecule has 0 atom stereocenters. The van der Waals surface area contributed by atoms with Gasteiger partial charge >= 0.3 is 5.69 Å². The van der Waals surface area contributed by atoms with Crippen molar-refractivity contribution in [2.24, 2.45) is 0 Å². The number of carbonyl (C=O) groups is 1. The molecule has 4 aromatic rings. The van der Waals surface area contributed by atoms with Gasteiger partial charge in [-0.1, -0.05) is 23.7 Å². The molecule has 28 heavy (non-hydrogen) atoms. The lowest BCUT2D eigenvalue weighted by Crippen LogP contribution is -2.38. The van der Waals surface area contributed by atoms with Gasteiger partial charge in [-0.3, -0.25) is 14.2 Å². The molecule has 0 aliphatic heterocycles. The van der Waals surface area contributed by atoms with Crippen molar-refractivity contribution < 1.29 is 4.79 Å². The lowest BCUT2D eigenvalue weighted by atomic mass is 10.2. The van der Waals surface area contributed by atoms with Crippen LogP contribution in [0.15, 0.2) is 76.6 Å². The Morgan fingerprint density at radius 2 is 1.79 bits per heavy atom. The molecule has 8 heteroatoms. The van der Waals surface area contributed by atoms with Gasteiger partial charge in [-0.05, 0) is 42.5 Å². The molecule has 0 unspecified atom stereocenters. The summed E-state index contributed by atoms with van der Waals surface area (Å²) in [6, 6.07) is 15.4. The van der Waals surface area contributed by atoms with Crippen LogP contribution in [0.5, 0.6) is 0 Å². The van der Waals surface area contributed by atoms with E-state index in [1.165, 1.54) is 0 Å². The molecule has 0 bridgehead atoms. The van der Waals surface area contributed by atoms with Crippen LogP contribution in [-0.4, -0.2) is 20.0 Å². The van der Waals surface area contributed by atoms with Gasteiger partial charge in [0.05, 0.1) is 22.3 Å². The van der Waals surface area contributed by atoms with Crippen molar-refractivity contribution >= 4 is 34.1 Å². The number of hydrogen-bond donors (Lipinski definition) is 2. The van der Waals surface area contributed by atoms with E-state index in [9.17, 15) is 14.4 Å². The minimum Gasteiger partial charge on any atom is -0.323 e. The highest BCUT2D eigenvalue weighted by Gasteiger charge is 2.13. The number of nitrogens with one attached hydrogen (secondary N) is 2. The SMILES string of the molecule is O=C(Cn1c(=O)[nH]c2ccccc2c1=O)Nc1ccc(Cl)cc1-n1cccc1. The van der Waals surface area contributed by atoms with Crippen molar-refractivity contribution in [1.29, 1.82) is 0 Å². The average Bonchev–Trinajstić information content (AvgIpc) is 3.21. The fourth-order valence-electron chi connectivity index (χ4n) is 3.00. The number of aromatic amines is 1. The summed E-state index contributed by atoms with van der Waals surface area (Å²) in [4.78, 5) is 40.0. The molecule has 0 aliphatic carbocycles. The maximum Gasteiger partial charge on any atom is 0.329 e. The summed E-state index contributed by atoms with van der Waals surface area (Å²) in [6.07, 6.45) is 3.64. The predicted molar refractivity (Wildman–Crippen MR) is 108 cm³/mol. The summed E-state index contributed by atoms with van der Waals surface area (Å²) >= 11 is 6.08. The zero-order valence-corrected chi connectivity index (χ0v) is 15.3. The van der Waals surface area contributed by atoms with E-state index in [0.717, 1.165) is 4.57 Å². The van der Waals surface area contributed by atoms with Gasteiger partial charge in [0, 0.05) is 17.4 Å². The van der Waals surface area contributed by atoms with Crippen LogP contribution in [0.1, 0.15) is 0 Å². The van der Waals surface area contributed by atoms with Crippen LogP contribution >= 0.6 is 11.6 Å². The van der Waals surface area contributed by atoms with Crippen LogP contribution in [-0.2, 0) is 11.3 Å². The van der Waals surface area contributed by atoms with Crippen molar-refractivity contribution in [3.05, 3.63) is 92.9 Å². The Labute approximate surface area is 163 Å². The first kappa shape index (κ1) is 17.8. The Morgan fingerprint density at radius 3 is 2.57 bits per heavy atom. The minimum absolute atomic E-state index is 0.342. The third kappa shape index (κ3) is 3.35. The summed E-state index contributed by atoms with van der Waals surface area (Å²) in [7, 11) is 0. The maximum absolute atomic E-state index is 12.6. The molecule has 1 amide bonds. The Bertz CT molecular complexity index is 1290. The van der Waals surface area contributed by atoms with Crippen molar-refractivity contribution in [2.45, 2.75) is 6.54 Å². The summed E-state index contributed by atoms with van der Waals surface area (Å²) in [5.74, 6) is -0.501. The molecule has 7 nitrogen and oxygen atoms in total. The second kappa shape index (κ2) is 7.21. The van der Waals surface area contributed by atoms with E-state index in [1.54, 1.807) is 47.0 Å². The van der Waals surface area contributed by atoms with Crippen LogP contribution in [0.2, 0.25) is 5.02 Å². The van der Waals surface area contributed by atoms with Gasteiger partial charge in [-0.2, -0.15) is 0 Å². The molecule has 2 aromatic heterocycles. The van der Waals surface area contributed by atoms with E-state index in [-0.39, 0.29) is 0 Å². The smallest absolute Gasteiger partial charge is 0.323 e. The Balaban J connectivity index is 1.66. The zero-order valence-electron chi connectivity index (χ0n) is 14.6. The number of anilines is 1. The lowest BCUT2D eigenvalue weighted by molar-refractivity contribution is -0.116. The first-order valence-electron chi connectivity index (χ1n) is 8.47. The standard InChI is InChI=1S/C20H15ClN4O3/c21-13-7-8-16(17(11-13)24-9-3-4-10-24)22-18(26)12-25-19(27)14-5-1-2-6-15(14)23-20(25)28/h1-11H,12H2,(H,22,26)(H,23,28). The second-order valence-electron chi connectivity index (χ2n) is 6.17. The molecular weight excluding hydrogens is 380 g/mol. The van der Waals surface area contributed by atoms with Crippen LogP contribution < -0.4 is 16.6 Å². The van der Waals surface area contributed by atoms with E-state index in [4.69, 9.17) is 11.6 Å². The number of halogens is 1. The molecule has 140 valence electrons. The van der Waals surface area contributed by atoms with Crippen LogP contribution in [0.25, 0.3) is 16.6 Å². The van der Waals surface area contributed by atoms with Crippen molar-refractivity contribution in [3.8, 4) is 5.69 Å². The molecule has 4 rings (SSSR count). The fraction of sp³-hybridized carbons (Fsp3) is 0.0500. The van der Waals surface area contributed by atoms with Gasteiger partial charge in [0.15, 0.2) is 0 Å². The fourth-order valence-corrected chi connectivity index (χ4v) is 3.16. The minimum atomic E-state index is -0.638. The van der Waals surface area contributed by atoms with E-state index < -0.39 is 23.7 Å². The van der Waals surface area contributed by atoms with Crippen molar-refractivity contribution in [1.82, 2.24) is 14.1 Å². The molecule has 2 heterocycles. The summed E-state index contributed by atoms with van der Waals surface area (Å²) in [6.45, 7) is -0.410. The average molecular weight is 395 g/mol. The third-order valence-electron chi connectivity index (χ3n) is 4.31. The lowest BCUT2D eigenvalue weighted by Gasteiger charge is -2.13. The van der Waals surface area contributed by atoms with E-state index >= 15 is 0 Å². The van der Waals surface area contributed by atoms with Gasteiger partial charge in [0.1, 0.15) is 6.54 Å². The number of para-hydroxylation sites is 1. The highest BCUT2D eigenvalue weighted by atomic mass is 35.5. The monoisotopic (exact) mass is 394 g/mol. The van der Waals surface area contributed by atoms with Crippen LogP contribution in [0.3, 0.4) is 0 Å². The van der Waals surface area contributed by atoms with Crippen LogP contribution in [0, 0.1) is 0 Å². The molecule has 0 saturated carbocycles. The number of hydrogen-bond acceptors (Lipinski definition) is 3. The third-order valence-corrected chi connectivity index (χ3v) is 4.54. The van der Waals surface area contributed by atoms with E-state index in [0.29, 0.717) is 27.3 Å². The molecule has 0 saturated heterocycles. The maximum atomic E-state index is 12.6. The summed E-state index contributed by atoms with van der Waals surface area (Å²) < 4.78 is 2.68. The number of fused-ring (bicyclic) bond motifs is 1. The highest BCUT2D eigenvalue weighted by Crippen LogP contribution is 2.24. The second-order valence-corrected chi connectivity index (χ2v) is 6.60. The van der Waals surface area contributed by atoms with Crippen LogP contribution in [0.4, 0.5) is 5.69 Å². The van der Waals surface area contributed by atoms with E-state index in [2.05, 4.69) is 10.3 Å². The number of amides is 1. The number of benzene rings is 2. The van der Waals surface area contributed by atoms with Gasteiger partial charge in [-0.15, -0.1) is 0 Å². The number of nitrogens with zero attached hydrogens (tertiary/aromatic N) is 2. The number of carbonyl (C=O) groups excluding carboxylic acids is 1. The van der Waals surface area contributed by atoms with Gasteiger partial charge in [0.25, 0.3) is 5.56 Å². The van der Waals surface area contributed by atoms with Gasteiger partial charge < -0.3 is 14.9 Å². The first-order chi connectivity index (χ1) is 13.5. The zero-order chi connectivity index (χ0) is 19.7. The number of rotatable bonds is 4. The first-order valence-corrected chi connectivity index (χ1v) is 8.85. The number of H-pyrrole nitrogens is 1.